The van der Waals surface area contributed by atoms with Crippen LogP contribution in [0.1, 0.15) is 33.4 Å². The first-order chi connectivity index (χ1) is 7.40. The number of hydrogen-bond donors (Lipinski definition) is 1. The lowest BCUT2D eigenvalue weighted by atomic mass is 9.87. The molecule has 1 aromatic rings. The molecule has 0 aliphatic carbocycles. The third kappa shape index (κ3) is 2.17. The monoisotopic (exact) mass is 218 g/mol. The molecule has 87 valence electrons. The Labute approximate surface area is 97.9 Å². The molecular weight excluding hydrogens is 198 g/mol. The van der Waals surface area contributed by atoms with E-state index in [0.717, 1.165) is 0 Å². The molecule has 0 aliphatic rings. The highest BCUT2D eigenvalue weighted by atomic mass is 16.1. The van der Waals surface area contributed by atoms with Gasteiger partial charge < -0.3 is 5.73 Å². The van der Waals surface area contributed by atoms with Gasteiger partial charge >= 0.3 is 0 Å². The van der Waals surface area contributed by atoms with E-state index in [9.17, 15) is 4.79 Å². The van der Waals surface area contributed by atoms with Gasteiger partial charge in [-0.05, 0) is 74.4 Å². The van der Waals surface area contributed by atoms with Gasteiger partial charge in [0.2, 0.25) is 6.29 Å². The maximum absolute atomic E-state index is 10.5. The Morgan fingerprint density at radius 1 is 0.938 bits per heavy atom. The van der Waals surface area contributed by atoms with Crippen LogP contribution in [0.5, 0.6) is 0 Å². The molecule has 0 saturated heterocycles. The Morgan fingerprint density at radius 3 is 1.69 bits per heavy atom. The van der Waals surface area contributed by atoms with E-state index in [1.807, 2.05) is 6.29 Å². The van der Waals surface area contributed by atoms with Crippen LogP contribution in [-0.2, 0) is 11.2 Å². The molecule has 0 heterocycles. The maximum Gasteiger partial charge on any atom is 0.217 e. The number of carbonyl (C=O) groups excluding carboxylic acids is 1. The van der Waals surface area contributed by atoms with Crippen LogP contribution in [0, 0.1) is 34.6 Å². The first-order valence-electron chi connectivity index (χ1n) is 5.59. The molecule has 1 radical (unpaired) electrons. The van der Waals surface area contributed by atoms with Crippen LogP contribution in [-0.4, -0.2) is 12.3 Å². The summed E-state index contributed by atoms with van der Waals surface area (Å²) >= 11 is 0. The van der Waals surface area contributed by atoms with Crippen LogP contribution < -0.4 is 5.73 Å². The quantitative estimate of drug-likeness (QED) is 0.845. The van der Waals surface area contributed by atoms with Crippen molar-refractivity contribution in [2.45, 2.75) is 47.1 Å². The molecule has 1 rings (SSSR count). The number of rotatable bonds is 3. The average molecular weight is 218 g/mol. The topological polar surface area (TPSA) is 43.1 Å². The fraction of sp³-hybridized carbons (Fsp3) is 0.500. The SMILES string of the molecule is Cc1c(C)c(C)c(CC(N)[C]=O)c(C)c1C. The van der Waals surface area contributed by atoms with Crippen molar-refractivity contribution in [2.75, 3.05) is 0 Å². The van der Waals surface area contributed by atoms with Crippen molar-refractivity contribution in [3.63, 3.8) is 0 Å². The average Bonchev–Trinajstić information content (AvgIpc) is 2.29. The highest BCUT2D eigenvalue weighted by Gasteiger charge is 2.14. The Morgan fingerprint density at radius 2 is 1.31 bits per heavy atom. The minimum absolute atomic E-state index is 0.515. The highest BCUT2D eigenvalue weighted by molar-refractivity contribution is 5.60. The van der Waals surface area contributed by atoms with Crippen LogP contribution in [0.15, 0.2) is 0 Å². The van der Waals surface area contributed by atoms with Crippen molar-refractivity contribution in [2.24, 2.45) is 5.73 Å². The predicted molar refractivity (Wildman–Crippen MR) is 67.5 cm³/mol. The van der Waals surface area contributed by atoms with Crippen LogP contribution in [0.3, 0.4) is 0 Å². The molecule has 2 nitrogen and oxygen atoms in total. The van der Waals surface area contributed by atoms with Gasteiger partial charge in [-0.2, -0.15) is 0 Å². The highest BCUT2D eigenvalue weighted by Crippen LogP contribution is 2.26. The fourth-order valence-corrected chi connectivity index (χ4v) is 2.15. The minimum atomic E-state index is -0.515. The van der Waals surface area contributed by atoms with Gasteiger partial charge in [-0.1, -0.05) is 0 Å². The van der Waals surface area contributed by atoms with E-state index in [0.29, 0.717) is 6.42 Å². The summed E-state index contributed by atoms with van der Waals surface area (Å²) in [6, 6.07) is -0.515. The van der Waals surface area contributed by atoms with E-state index in [1.165, 1.54) is 33.4 Å². The molecule has 0 aliphatic heterocycles. The van der Waals surface area contributed by atoms with Crippen molar-refractivity contribution >= 4 is 6.29 Å². The van der Waals surface area contributed by atoms with E-state index in [-0.39, 0.29) is 0 Å². The third-order valence-electron chi connectivity index (χ3n) is 3.73. The Bertz CT molecular complexity index is 392. The molecule has 2 heteroatoms. The fourth-order valence-electron chi connectivity index (χ4n) is 2.15. The molecule has 1 atom stereocenters. The summed E-state index contributed by atoms with van der Waals surface area (Å²) in [5.74, 6) is 0. The molecule has 0 bridgehead atoms. The van der Waals surface area contributed by atoms with Crippen LogP contribution in [0.25, 0.3) is 0 Å². The van der Waals surface area contributed by atoms with Crippen molar-refractivity contribution < 1.29 is 4.79 Å². The van der Waals surface area contributed by atoms with Crippen molar-refractivity contribution in [1.82, 2.24) is 0 Å². The number of nitrogens with two attached hydrogens (primary N) is 1. The molecule has 1 aromatic carbocycles. The number of hydrogen-bond acceptors (Lipinski definition) is 2. The zero-order valence-electron chi connectivity index (χ0n) is 10.8. The van der Waals surface area contributed by atoms with Gasteiger partial charge in [0, 0.05) is 0 Å². The molecule has 0 aromatic heterocycles. The molecule has 0 amide bonds. The van der Waals surface area contributed by atoms with Gasteiger partial charge in [0.15, 0.2) is 0 Å². The lowest BCUT2D eigenvalue weighted by Crippen LogP contribution is -2.25. The Kier molecular flexibility index (Phi) is 3.87. The standard InChI is InChI=1S/C14H20NO/c1-8-9(2)11(4)14(6-13(15)7-16)12(5)10(8)3/h13H,6,15H2,1-5H3. The van der Waals surface area contributed by atoms with Crippen LogP contribution in [0.4, 0.5) is 0 Å². The second kappa shape index (κ2) is 4.79. The molecule has 1 unspecified atom stereocenters. The van der Waals surface area contributed by atoms with E-state index >= 15 is 0 Å². The molecule has 0 spiro atoms. The lowest BCUT2D eigenvalue weighted by Gasteiger charge is -2.19. The van der Waals surface area contributed by atoms with Crippen LogP contribution >= 0.6 is 0 Å². The maximum atomic E-state index is 10.5. The van der Waals surface area contributed by atoms with Crippen molar-refractivity contribution in [3.05, 3.63) is 33.4 Å². The van der Waals surface area contributed by atoms with Gasteiger partial charge in [0.25, 0.3) is 0 Å². The second-order valence-electron chi connectivity index (χ2n) is 4.53. The largest absolute Gasteiger partial charge is 0.321 e. The van der Waals surface area contributed by atoms with E-state index in [2.05, 4.69) is 34.6 Å². The van der Waals surface area contributed by atoms with Gasteiger partial charge in [-0.25, -0.2) is 0 Å². The zero-order chi connectivity index (χ0) is 12.5. The minimum Gasteiger partial charge on any atom is -0.321 e. The van der Waals surface area contributed by atoms with Gasteiger partial charge in [-0.3, -0.25) is 4.79 Å². The summed E-state index contributed by atoms with van der Waals surface area (Å²) in [6.07, 6.45) is 2.44. The summed E-state index contributed by atoms with van der Waals surface area (Å²) in [7, 11) is 0. The summed E-state index contributed by atoms with van der Waals surface area (Å²) in [4.78, 5) is 10.5. The molecule has 0 saturated carbocycles. The molecular formula is C14H20NO. The zero-order valence-corrected chi connectivity index (χ0v) is 10.8. The summed E-state index contributed by atoms with van der Waals surface area (Å²) in [5, 5.41) is 0. The molecule has 0 fully saturated rings. The van der Waals surface area contributed by atoms with Gasteiger partial charge in [-0.15, -0.1) is 0 Å². The first-order valence-corrected chi connectivity index (χ1v) is 5.59. The normalized spacial score (nSPS) is 12.6. The van der Waals surface area contributed by atoms with E-state index in [4.69, 9.17) is 5.73 Å². The van der Waals surface area contributed by atoms with Gasteiger partial charge in [0.05, 0.1) is 6.04 Å². The molecule has 16 heavy (non-hydrogen) atoms. The summed E-state index contributed by atoms with van der Waals surface area (Å²) in [5.41, 5.74) is 13.3. The van der Waals surface area contributed by atoms with E-state index in [1.54, 1.807) is 0 Å². The lowest BCUT2D eigenvalue weighted by molar-refractivity contribution is 0.540. The van der Waals surface area contributed by atoms with Crippen LogP contribution in [0.2, 0.25) is 0 Å². The second-order valence-corrected chi connectivity index (χ2v) is 4.53. The van der Waals surface area contributed by atoms with Gasteiger partial charge in [0.1, 0.15) is 0 Å². The third-order valence-corrected chi connectivity index (χ3v) is 3.73. The van der Waals surface area contributed by atoms with Crippen molar-refractivity contribution in [3.8, 4) is 0 Å². The summed E-state index contributed by atoms with van der Waals surface area (Å²) < 4.78 is 0. The van der Waals surface area contributed by atoms with E-state index < -0.39 is 6.04 Å². The number of benzene rings is 1. The Balaban J connectivity index is 3.33. The molecule has 2 N–H and O–H groups in total. The van der Waals surface area contributed by atoms with Crippen molar-refractivity contribution in [1.29, 1.82) is 0 Å². The first kappa shape index (κ1) is 12.9. The smallest absolute Gasteiger partial charge is 0.217 e. The Hall–Kier alpha value is -1.15. The summed E-state index contributed by atoms with van der Waals surface area (Å²) in [6.45, 7) is 10.6. The predicted octanol–water partition coefficient (Wildman–Crippen LogP) is 2.21.